The van der Waals surface area contributed by atoms with Crippen molar-refractivity contribution in [2.45, 2.75) is 80.4 Å². The van der Waals surface area contributed by atoms with E-state index >= 15 is 0 Å². The van der Waals surface area contributed by atoms with Gasteiger partial charge >= 0.3 is 0 Å². The molecular weight excluding hydrogens is 747 g/mol. The smallest absolute Gasteiger partial charge is 0.0988 e. The van der Waals surface area contributed by atoms with E-state index in [1.807, 2.05) is 0 Å². The van der Waals surface area contributed by atoms with E-state index in [9.17, 15) is 0 Å². The lowest BCUT2D eigenvalue weighted by Crippen LogP contribution is -2.24. The van der Waals surface area contributed by atoms with Crippen LogP contribution in [0.2, 0.25) is 0 Å². The molecule has 0 aliphatic carbocycles. The fourth-order valence-electron chi connectivity index (χ4n) is 10.0. The van der Waals surface area contributed by atoms with Crippen LogP contribution in [0.4, 0.5) is 34.1 Å². The Balaban J connectivity index is 1.16. The lowest BCUT2D eigenvalue weighted by molar-refractivity contribution is 0.411. The summed E-state index contributed by atoms with van der Waals surface area (Å²) >= 11 is 0. The Morgan fingerprint density at radius 2 is 0.885 bits per heavy atom. The third kappa shape index (κ3) is 8.42. The number of ether oxygens (including phenoxy) is 2. The molecule has 5 heteroatoms. The minimum atomic E-state index is -0.0176. The number of hydrogen-bond acceptors (Lipinski definition) is 5. The molecule has 2 heterocycles. The van der Waals surface area contributed by atoms with Gasteiger partial charge in [0, 0.05) is 45.4 Å². The second-order valence-electron chi connectivity index (χ2n) is 17.9. The van der Waals surface area contributed by atoms with Crippen LogP contribution in [-0.2, 0) is 9.47 Å². The van der Waals surface area contributed by atoms with E-state index in [4.69, 9.17) is 9.47 Å². The minimum absolute atomic E-state index is 0.0176. The van der Waals surface area contributed by atoms with E-state index < -0.39 is 0 Å². The van der Waals surface area contributed by atoms with Crippen LogP contribution < -0.4 is 15.1 Å². The first-order valence-corrected chi connectivity index (χ1v) is 21.9. The number of rotatable bonds is 13. The molecule has 310 valence electrons. The molecule has 0 bridgehead atoms. The van der Waals surface area contributed by atoms with Gasteiger partial charge in [-0.2, -0.15) is 0 Å². The van der Waals surface area contributed by atoms with Crippen LogP contribution in [-0.4, -0.2) is 38.5 Å². The van der Waals surface area contributed by atoms with Crippen molar-refractivity contribution in [3.05, 3.63) is 188 Å². The van der Waals surface area contributed by atoms with Crippen molar-refractivity contribution < 1.29 is 9.47 Å². The highest BCUT2D eigenvalue weighted by Crippen LogP contribution is 2.43. The van der Waals surface area contributed by atoms with Crippen molar-refractivity contribution in [1.29, 1.82) is 0 Å². The number of nitrogens with one attached hydrogen (secondary N) is 1. The van der Waals surface area contributed by atoms with Crippen molar-refractivity contribution in [3.8, 4) is 0 Å². The molecule has 2 saturated heterocycles. The zero-order valence-electron chi connectivity index (χ0n) is 37.3. The number of aryl methyl sites for hydroxylation is 9. The van der Waals surface area contributed by atoms with Gasteiger partial charge in [-0.15, -0.1) is 0 Å². The van der Waals surface area contributed by atoms with Crippen LogP contribution in [0.25, 0.3) is 10.8 Å². The van der Waals surface area contributed by atoms with Crippen molar-refractivity contribution >= 4 is 44.9 Å². The van der Waals surface area contributed by atoms with E-state index in [2.05, 4.69) is 199 Å². The summed E-state index contributed by atoms with van der Waals surface area (Å²) in [6.07, 6.45) is 0.492. The molecule has 2 fully saturated rings. The van der Waals surface area contributed by atoms with Gasteiger partial charge in [0.1, 0.15) is 0 Å². The van der Waals surface area contributed by atoms with Crippen LogP contribution in [0, 0.1) is 62.3 Å². The quantitative estimate of drug-likeness (QED) is 0.0929. The second kappa shape index (κ2) is 16.5. The molecule has 0 radical (unpaired) electrons. The molecule has 0 aromatic heterocycles. The predicted molar refractivity (Wildman–Crippen MR) is 257 cm³/mol. The number of anilines is 6. The average molecular weight is 806 g/mol. The number of epoxide rings is 2. The van der Waals surface area contributed by atoms with Gasteiger partial charge in [0.05, 0.1) is 38.5 Å². The van der Waals surface area contributed by atoms with Gasteiger partial charge in [-0.05, 0) is 148 Å². The van der Waals surface area contributed by atoms with Gasteiger partial charge in [0.15, 0.2) is 0 Å². The monoisotopic (exact) mass is 805 g/mol. The Hall–Kier alpha value is -5.88. The van der Waals surface area contributed by atoms with Gasteiger partial charge in [-0.25, -0.2) is 0 Å². The number of benzene rings is 7. The Labute approximate surface area is 363 Å². The van der Waals surface area contributed by atoms with Crippen LogP contribution in [0.5, 0.6) is 0 Å². The molecule has 2 unspecified atom stereocenters. The molecule has 7 aromatic rings. The summed E-state index contributed by atoms with van der Waals surface area (Å²) in [5, 5.41) is 6.31. The highest BCUT2D eigenvalue weighted by Gasteiger charge is 2.30. The molecule has 2 atom stereocenters. The molecule has 0 spiro atoms. The van der Waals surface area contributed by atoms with Crippen molar-refractivity contribution in [3.63, 3.8) is 0 Å². The highest BCUT2D eigenvalue weighted by molar-refractivity contribution is 5.98. The van der Waals surface area contributed by atoms with E-state index in [0.717, 1.165) is 32.0 Å². The summed E-state index contributed by atoms with van der Waals surface area (Å²) in [7, 11) is 0. The van der Waals surface area contributed by atoms with Gasteiger partial charge < -0.3 is 24.6 Å². The largest absolute Gasteiger partial charge is 0.371 e. The third-order valence-electron chi connectivity index (χ3n) is 12.7. The summed E-state index contributed by atoms with van der Waals surface area (Å²) in [6.45, 7) is 23.1. The Morgan fingerprint density at radius 1 is 0.492 bits per heavy atom. The maximum Gasteiger partial charge on any atom is 0.0988 e. The van der Waals surface area contributed by atoms with Crippen molar-refractivity contribution in [1.82, 2.24) is 0 Å². The van der Waals surface area contributed by atoms with Gasteiger partial charge in [-0.1, -0.05) is 108 Å². The molecule has 9 rings (SSSR count). The van der Waals surface area contributed by atoms with Gasteiger partial charge in [0.2, 0.25) is 0 Å². The average Bonchev–Trinajstić information content (AvgIpc) is 4.17. The second-order valence-corrected chi connectivity index (χ2v) is 17.9. The van der Waals surface area contributed by atoms with E-state index in [1.165, 1.54) is 106 Å². The van der Waals surface area contributed by atoms with E-state index in [1.54, 1.807) is 0 Å². The Morgan fingerprint density at radius 3 is 1.30 bits per heavy atom. The summed E-state index contributed by atoms with van der Waals surface area (Å²) in [5.74, 6) is -0.0176. The maximum absolute atomic E-state index is 5.81. The lowest BCUT2D eigenvalue weighted by atomic mass is 9.82. The van der Waals surface area contributed by atoms with E-state index in [0.29, 0.717) is 0 Å². The molecule has 5 nitrogen and oxygen atoms in total. The normalized spacial score (nSPS) is 16.1. The summed E-state index contributed by atoms with van der Waals surface area (Å²) in [6, 6.07) is 45.9. The molecular formula is C56H59N3O2. The van der Waals surface area contributed by atoms with Gasteiger partial charge in [0.25, 0.3) is 0 Å². The zero-order valence-corrected chi connectivity index (χ0v) is 37.3. The fraction of sp³-hybridized carbons (Fsp3) is 0.286. The highest BCUT2D eigenvalue weighted by atomic mass is 16.6. The van der Waals surface area contributed by atoms with Crippen LogP contribution in [0.1, 0.15) is 72.7 Å². The van der Waals surface area contributed by atoms with Crippen LogP contribution >= 0.6 is 0 Å². The van der Waals surface area contributed by atoms with Crippen molar-refractivity contribution in [2.75, 3.05) is 41.4 Å². The summed E-state index contributed by atoms with van der Waals surface area (Å²) < 4.78 is 11.6. The predicted octanol–water partition coefficient (Wildman–Crippen LogP) is 13.6. The van der Waals surface area contributed by atoms with Crippen LogP contribution in [0.3, 0.4) is 0 Å². The molecule has 1 N–H and O–H groups in total. The Kier molecular flexibility index (Phi) is 11.0. The summed E-state index contributed by atoms with van der Waals surface area (Å²) in [5.41, 5.74) is 22.5. The first-order valence-electron chi connectivity index (χ1n) is 21.9. The topological polar surface area (TPSA) is 43.6 Å². The molecule has 2 aliphatic rings. The molecule has 2 aliphatic heterocycles. The first-order chi connectivity index (χ1) is 29.4. The molecule has 0 amide bonds. The SMILES string of the molecule is Cc1cc(C)c(Nc2ccc(C(c3ccc(N(CC4CO4)c4c(C)cc(C)cc4C)cc3)c3ccc(N(CC4CO4)c4c(C)cc(C)cc4C)cc3)c3ccccc23)c(C)c1. The lowest BCUT2D eigenvalue weighted by Gasteiger charge is -2.30. The molecule has 61 heavy (non-hydrogen) atoms. The standard InChI is InChI=1S/C56H59N3O2/c1-34-24-37(4)54(38(5)25-34)57-52-23-22-51(49-12-10-11-13-50(49)52)53(43-14-18-45(19-15-43)58(30-47-32-60-47)55-39(6)26-35(2)27-40(55)7)44-16-20-46(21-17-44)59(31-48-33-61-48)56-41(8)28-36(3)29-42(56)9/h10-29,47-48,53,57H,30-33H2,1-9H3. The summed E-state index contributed by atoms with van der Waals surface area (Å²) in [4.78, 5) is 4.93. The van der Waals surface area contributed by atoms with Crippen molar-refractivity contribution in [2.24, 2.45) is 0 Å². The maximum atomic E-state index is 5.81. The van der Waals surface area contributed by atoms with Gasteiger partial charge in [-0.3, -0.25) is 0 Å². The minimum Gasteiger partial charge on any atom is -0.371 e. The third-order valence-corrected chi connectivity index (χ3v) is 12.7. The first kappa shape index (κ1) is 40.5. The van der Waals surface area contributed by atoms with E-state index in [-0.39, 0.29) is 18.1 Å². The van der Waals surface area contributed by atoms with Crippen LogP contribution in [0.15, 0.2) is 121 Å². The fourth-order valence-corrected chi connectivity index (χ4v) is 10.0. The number of hydrogen-bond donors (Lipinski definition) is 1. The molecule has 7 aromatic carbocycles. The Bertz CT molecular complexity index is 2560. The number of fused-ring (bicyclic) bond motifs is 1. The zero-order chi connectivity index (χ0) is 42.5. The molecule has 0 saturated carbocycles. The number of nitrogens with zero attached hydrogens (tertiary/aromatic N) is 2.